The maximum Gasteiger partial charge on any atom is 0.246 e. The van der Waals surface area contributed by atoms with Crippen LogP contribution in [0.1, 0.15) is 17.5 Å². The van der Waals surface area contributed by atoms with E-state index in [4.69, 9.17) is 23.7 Å². The highest BCUT2D eigenvalue weighted by atomic mass is 16.5. The van der Waals surface area contributed by atoms with Gasteiger partial charge < -0.3 is 28.6 Å². The third-order valence-electron chi connectivity index (χ3n) is 5.40. The van der Waals surface area contributed by atoms with E-state index in [1.54, 1.807) is 52.6 Å². The smallest absolute Gasteiger partial charge is 0.246 e. The molecule has 2 aromatic carbocycles. The van der Waals surface area contributed by atoms with Gasteiger partial charge in [-0.15, -0.1) is 0 Å². The van der Waals surface area contributed by atoms with Crippen molar-refractivity contribution in [3.63, 3.8) is 0 Å². The Morgan fingerprint density at radius 1 is 0.844 bits per heavy atom. The molecule has 0 spiro atoms. The van der Waals surface area contributed by atoms with Crippen LogP contribution in [-0.4, -0.2) is 59.4 Å². The molecule has 32 heavy (non-hydrogen) atoms. The predicted molar refractivity (Wildman–Crippen MR) is 124 cm³/mol. The number of hydrogen-bond acceptors (Lipinski definition) is 6. The Hall–Kier alpha value is -3.61. The van der Waals surface area contributed by atoms with Crippen molar-refractivity contribution in [2.24, 2.45) is 0 Å². The Morgan fingerprint density at radius 2 is 1.50 bits per heavy atom. The predicted octanol–water partition coefficient (Wildman–Crippen LogP) is 4.06. The summed E-state index contributed by atoms with van der Waals surface area (Å²) in [5.41, 5.74) is 2.74. The number of ether oxygens (including phenoxy) is 5. The van der Waals surface area contributed by atoms with Crippen LogP contribution in [0.15, 0.2) is 42.5 Å². The van der Waals surface area contributed by atoms with Crippen LogP contribution >= 0.6 is 0 Å². The van der Waals surface area contributed by atoms with Crippen molar-refractivity contribution in [1.82, 2.24) is 4.90 Å². The van der Waals surface area contributed by atoms with Gasteiger partial charge in [-0.1, -0.05) is 6.08 Å². The van der Waals surface area contributed by atoms with Crippen molar-refractivity contribution in [1.29, 1.82) is 0 Å². The van der Waals surface area contributed by atoms with Gasteiger partial charge in [0.15, 0.2) is 0 Å². The molecule has 3 rings (SSSR count). The van der Waals surface area contributed by atoms with E-state index in [2.05, 4.69) is 0 Å². The van der Waals surface area contributed by atoms with Crippen molar-refractivity contribution in [2.45, 2.75) is 6.42 Å². The Kier molecular flexibility index (Phi) is 7.65. The van der Waals surface area contributed by atoms with Crippen molar-refractivity contribution >= 4 is 17.6 Å². The fraction of sp³-hybridized carbons (Fsp3) is 0.320. The Balaban J connectivity index is 1.77. The lowest BCUT2D eigenvalue weighted by atomic mass is 9.97. The van der Waals surface area contributed by atoms with Crippen LogP contribution in [0.2, 0.25) is 0 Å². The van der Waals surface area contributed by atoms with Gasteiger partial charge in [-0.25, -0.2) is 0 Å². The van der Waals surface area contributed by atoms with Crippen LogP contribution < -0.4 is 23.7 Å². The number of hydrogen-bond donors (Lipinski definition) is 0. The van der Waals surface area contributed by atoms with E-state index in [-0.39, 0.29) is 5.91 Å². The normalized spacial score (nSPS) is 13.5. The second-order valence-corrected chi connectivity index (χ2v) is 7.11. The molecule has 7 heteroatoms. The van der Waals surface area contributed by atoms with Crippen LogP contribution in [0.3, 0.4) is 0 Å². The number of benzene rings is 2. The van der Waals surface area contributed by atoms with Crippen molar-refractivity contribution in [2.75, 3.05) is 48.6 Å². The fourth-order valence-corrected chi connectivity index (χ4v) is 3.65. The molecular weight excluding hydrogens is 410 g/mol. The van der Waals surface area contributed by atoms with E-state index < -0.39 is 0 Å². The summed E-state index contributed by atoms with van der Waals surface area (Å²) in [4.78, 5) is 14.6. The summed E-state index contributed by atoms with van der Waals surface area (Å²) in [6, 6.07) is 9.13. The first kappa shape index (κ1) is 23.1. The molecule has 1 amide bonds. The molecule has 7 nitrogen and oxygen atoms in total. The van der Waals surface area contributed by atoms with Crippen LogP contribution in [0.4, 0.5) is 0 Å². The van der Waals surface area contributed by atoms with E-state index in [1.807, 2.05) is 36.4 Å². The van der Waals surface area contributed by atoms with Gasteiger partial charge in [0, 0.05) is 36.9 Å². The maximum absolute atomic E-state index is 12.8. The molecule has 0 fully saturated rings. The minimum Gasteiger partial charge on any atom is -0.497 e. The summed E-state index contributed by atoms with van der Waals surface area (Å²) < 4.78 is 27.1. The number of carbonyl (C=O) groups is 1. The summed E-state index contributed by atoms with van der Waals surface area (Å²) in [5.74, 6) is 3.32. The van der Waals surface area contributed by atoms with E-state index in [0.29, 0.717) is 48.3 Å². The molecular formula is C25H29NO6. The van der Waals surface area contributed by atoms with Gasteiger partial charge in [0.2, 0.25) is 5.91 Å². The monoisotopic (exact) mass is 439 g/mol. The van der Waals surface area contributed by atoms with Crippen LogP contribution in [0, 0.1) is 0 Å². The highest BCUT2D eigenvalue weighted by Crippen LogP contribution is 2.40. The molecule has 0 aromatic heterocycles. The first-order valence-electron chi connectivity index (χ1n) is 10.2. The molecule has 0 N–H and O–H groups in total. The van der Waals surface area contributed by atoms with Gasteiger partial charge >= 0.3 is 0 Å². The molecule has 1 aliphatic heterocycles. The molecule has 170 valence electrons. The zero-order valence-electron chi connectivity index (χ0n) is 19.1. The van der Waals surface area contributed by atoms with Crippen LogP contribution in [0.25, 0.3) is 11.6 Å². The molecule has 0 atom stereocenters. The highest BCUT2D eigenvalue weighted by molar-refractivity contribution is 5.93. The molecule has 0 bridgehead atoms. The standard InChI is InChI=1S/C25H29NO6/c1-28-19-7-8-21(30-3)18(14-19)6-9-24(27)26-12-10-17(11-13-26)25-22(31-4)15-20(29-2)16-23(25)32-5/h6-10,14-16H,11-13H2,1-5H3/b9-6+. The summed E-state index contributed by atoms with van der Waals surface area (Å²) in [6.07, 6.45) is 6.03. The Bertz CT molecular complexity index is 1000. The zero-order chi connectivity index (χ0) is 23.1. The highest BCUT2D eigenvalue weighted by Gasteiger charge is 2.22. The summed E-state index contributed by atoms with van der Waals surface area (Å²) in [5, 5.41) is 0. The molecule has 0 saturated carbocycles. The van der Waals surface area contributed by atoms with Crippen molar-refractivity contribution in [3.8, 4) is 28.7 Å². The van der Waals surface area contributed by atoms with Gasteiger partial charge in [-0.05, 0) is 36.3 Å². The lowest BCUT2D eigenvalue weighted by molar-refractivity contribution is -0.125. The molecule has 0 saturated heterocycles. The number of rotatable bonds is 8. The van der Waals surface area contributed by atoms with Crippen LogP contribution in [0.5, 0.6) is 28.7 Å². The lowest BCUT2D eigenvalue weighted by Gasteiger charge is -2.27. The zero-order valence-corrected chi connectivity index (χ0v) is 19.1. The summed E-state index contributed by atoms with van der Waals surface area (Å²) in [7, 11) is 8.04. The number of carbonyl (C=O) groups excluding carboxylic acids is 1. The van der Waals surface area contributed by atoms with Gasteiger partial charge in [0.1, 0.15) is 28.7 Å². The average Bonchev–Trinajstić information content (AvgIpc) is 2.86. The second kappa shape index (κ2) is 10.6. The van der Waals surface area contributed by atoms with Crippen molar-refractivity contribution < 1.29 is 28.5 Å². The van der Waals surface area contributed by atoms with E-state index in [1.165, 1.54) is 0 Å². The molecule has 1 heterocycles. The minimum atomic E-state index is -0.0705. The largest absolute Gasteiger partial charge is 0.497 e. The lowest BCUT2D eigenvalue weighted by Crippen LogP contribution is -2.33. The first-order valence-corrected chi connectivity index (χ1v) is 10.2. The number of methoxy groups -OCH3 is 5. The quantitative estimate of drug-likeness (QED) is 0.578. The Labute approximate surface area is 188 Å². The maximum atomic E-state index is 12.8. The fourth-order valence-electron chi connectivity index (χ4n) is 3.65. The summed E-state index contributed by atoms with van der Waals surface area (Å²) in [6.45, 7) is 1.08. The van der Waals surface area contributed by atoms with Gasteiger partial charge in [-0.3, -0.25) is 4.79 Å². The third kappa shape index (κ3) is 4.99. The third-order valence-corrected chi connectivity index (χ3v) is 5.40. The van der Waals surface area contributed by atoms with Gasteiger partial charge in [-0.2, -0.15) is 0 Å². The number of nitrogens with zero attached hydrogens (tertiary/aromatic N) is 1. The molecule has 0 radical (unpaired) electrons. The molecule has 1 aliphatic rings. The number of amides is 1. The van der Waals surface area contributed by atoms with E-state index in [9.17, 15) is 4.79 Å². The van der Waals surface area contributed by atoms with E-state index in [0.717, 1.165) is 16.7 Å². The first-order chi connectivity index (χ1) is 15.5. The van der Waals surface area contributed by atoms with Gasteiger partial charge in [0.05, 0.1) is 41.1 Å². The average molecular weight is 440 g/mol. The second-order valence-electron chi connectivity index (χ2n) is 7.11. The van der Waals surface area contributed by atoms with E-state index >= 15 is 0 Å². The van der Waals surface area contributed by atoms with Crippen LogP contribution in [-0.2, 0) is 4.79 Å². The van der Waals surface area contributed by atoms with Gasteiger partial charge in [0.25, 0.3) is 0 Å². The topological polar surface area (TPSA) is 66.5 Å². The summed E-state index contributed by atoms with van der Waals surface area (Å²) >= 11 is 0. The SMILES string of the molecule is COc1ccc(OC)c(/C=C/C(=O)N2CC=C(c3c(OC)cc(OC)cc3OC)CC2)c1. The Morgan fingerprint density at radius 3 is 2.03 bits per heavy atom. The van der Waals surface area contributed by atoms with Crippen molar-refractivity contribution in [3.05, 3.63) is 53.6 Å². The minimum absolute atomic E-state index is 0.0705. The molecule has 2 aromatic rings. The molecule has 0 unspecified atom stereocenters. The molecule has 0 aliphatic carbocycles.